The third-order valence-electron chi connectivity index (χ3n) is 5.18. The Hall–Kier alpha value is -1.20. The van der Waals surface area contributed by atoms with Gasteiger partial charge >= 0.3 is 0 Å². The molecule has 0 amide bonds. The molecule has 5 heteroatoms. The second-order valence-electron chi connectivity index (χ2n) is 6.75. The minimum atomic E-state index is 0.993. The quantitative estimate of drug-likeness (QED) is 0.941. The smallest absolute Gasteiger partial charge is 0.187 e. The lowest BCUT2D eigenvalue weighted by Crippen LogP contribution is -3.08. The highest BCUT2D eigenvalue weighted by Gasteiger charge is 2.23. The van der Waals surface area contributed by atoms with Gasteiger partial charge in [0.1, 0.15) is 17.2 Å². The van der Waals surface area contributed by atoms with Gasteiger partial charge in [-0.15, -0.1) is 11.3 Å². The molecule has 0 unspecified atom stereocenters. The van der Waals surface area contributed by atoms with E-state index in [1.807, 2.05) is 11.3 Å². The molecule has 0 aliphatic carbocycles. The number of fused-ring (bicyclic) bond motifs is 1. The number of thiophene rings is 1. The average Bonchev–Trinajstić information content (AvgIpc) is 3.22. The Balaban J connectivity index is 1.78. The number of likely N-dealkylation sites (tertiary alicyclic amines) is 1. The molecule has 0 atom stereocenters. The number of nitrogens with one attached hydrogen (secondary N) is 1. The first-order valence-electron chi connectivity index (χ1n) is 8.57. The van der Waals surface area contributed by atoms with Crippen molar-refractivity contribution in [1.29, 1.82) is 0 Å². The predicted molar refractivity (Wildman–Crippen MR) is 92.0 cm³/mol. The van der Waals surface area contributed by atoms with E-state index in [2.05, 4.69) is 18.7 Å². The summed E-state index contributed by atoms with van der Waals surface area (Å²) in [6.45, 7) is 10.3. The second-order valence-corrected chi connectivity index (χ2v) is 7.96. The van der Waals surface area contributed by atoms with Crippen molar-refractivity contribution in [3.63, 3.8) is 0 Å². The van der Waals surface area contributed by atoms with E-state index in [0.29, 0.717) is 0 Å². The zero-order valence-corrected chi connectivity index (χ0v) is 14.4. The Morgan fingerprint density at radius 2 is 1.77 bits per heavy atom. The summed E-state index contributed by atoms with van der Waals surface area (Å²) in [6, 6.07) is 0. The zero-order chi connectivity index (χ0) is 15.1. The second kappa shape index (κ2) is 5.78. The minimum Gasteiger partial charge on any atom is -0.356 e. The van der Waals surface area contributed by atoms with E-state index < -0.39 is 0 Å². The largest absolute Gasteiger partial charge is 0.356 e. The molecular weight excluding hydrogens is 292 g/mol. The van der Waals surface area contributed by atoms with Crippen LogP contribution in [0.25, 0.3) is 10.2 Å². The molecule has 0 radical (unpaired) electrons. The van der Waals surface area contributed by atoms with E-state index >= 15 is 0 Å². The van der Waals surface area contributed by atoms with Crippen molar-refractivity contribution in [2.24, 2.45) is 0 Å². The van der Waals surface area contributed by atoms with Gasteiger partial charge in [-0.1, -0.05) is 0 Å². The van der Waals surface area contributed by atoms with Gasteiger partial charge in [-0.2, -0.15) is 0 Å². The number of anilines is 1. The average molecular weight is 317 g/mol. The summed E-state index contributed by atoms with van der Waals surface area (Å²) in [7, 11) is 0. The van der Waals surface area contributed by atoms with Crippen LogP contribution >= 0.6 is 11.3 Å². The molecule has 2 saturated heterocycles. The van der Waals surface area contributed by atoms with E-state index in [1.54, 1.807) is 4.90 Å². The van der Waals surface area contributed by atoms with Crippen molar-refractivity contribution in [2.45, 2.75) is 46.1 Å². The maximum Gasteiger partial charge on any atom is 0.187 e. The number of aromatic nitrogens is 2. The molecule has 0 spiro atoms. The predicted octanol–water partition coefficient (Wildman–Crippen LogP) is 2.09. The van der Waals surface area contributed by atoms with E-state index in [4.69, 9.17) is 9.97 Å². The highest BCUT2D eigenvalue weighted by Crippen LogP contribution is 2.35. The van der Waals surface area contributed by atoms with Gasteiger partial charge in [-0.3, -0.25) is 0 Å². The van der Waals surface area contributed by atoms with Crippen molar-refractivity contribution < 1.29 is 4.90 Å². The lowest BCUT2D eigenvalue weighted by molar-refractivity contribution is -0.902. The molecule has 118 valence electrons. The van der Waals surface area contributed by atoms with Crippen LogP contribution in [0.5, 0.6) is 0 Å². The Kier molecular flexibility index (Phi) is 3.78. The molecular formula is C17H25N4S+. The molecule has 1 N–H and O–H groups in total. The molecule has 22 heavy (non-hydrogen) atoms. The number of quaternary nitrogens is 1. The number of hydrogen-bond acceptors (Lipinski definition) is 4. The van der Waals surface area contributed by atoms with Gasteiger partial charge in [-0.25, -0.2) is 9.97 Å². The van der Waals surface area contributed by atoms with Crippen LogP contribution < -0.4 is 9.80 Å². The van der Waals surface area contributed by atoms with Gasteiger partial charge in [0, 0.05) is 30.8 Å². The molecule has 0 bridgehead atoms. The van der Waals surface area contributed by atoms with E-state index in [0.717, 1.165) is 25.5 Å². The molecule has 2 aromatic rings. The lowest BCUT2D eigenvalue weighted by atomic mass is 10.2. The van der Waals surface area contributed by atoms with Gasteiger partial charge in [0.05, 0.1) is 18.5 Å². The summed E-state index contributed by atoms with van der Waals surface area (Å²) in [6.07, 6.45) is 5.29. The van der Waals surface area contributed by atoms with Crippen molar-refractivity contribution in [2.75, 3.05) is 31.1 Å². The number of rotatable bonds is 3. The van der Waals surface area contributed by atoms with Crippen molar-refractivity contribution in [3.8, 4) is 0 Å². The molecule has 2 aromatic heterocycles. The van der Waals surface area contributed by atoms with Crippen LogP contribution in [0.2, 0.25) is 0 Å². The van der Waals surface area contributed by atoms with Gasteiger partial charge in [0.15, 0.2) is 5.82 Å². The van der Waals surface area contributed by atoms with Gasteiger partial charge in [0.25, 0.3) is 0 Å². The summed E-state index contributed by atoms with van der Waals surface area (Å²) >= 11 is 1.84. The maximum atomic E-state index is 5.02. The summed E-state index contributed by atoms with van der Waals surface area (Å²) in [4.78, 5) is 16.6. The fourth-order valence-electron chi connectivity index (χ4n) is 3.78. The van der Waals surface area contributed by atoms with Gasteiger partial charge in [-0.05, 0) is 32.3 Å². The van der Waals surface area contributed by atoms with Crippen LogP contribution in [0.4, 0.5) is 5.82 Å². The summed E-state index contributed by atoms with van der Waals surface area (Å²) in [5.41, 5.74) is 1.38. The number of hydrogen-bond donors (Lipinski definition) is 1. The van der Waals surface area contributed by atoms with Crippen LogP contribution in [0, 0.1) is 13.8 Å². The van der Waals surface area contributed by atoms with Crippen LogP contribution in [0.3, 0.4) is 0 Å². The van der Waals surface area contributed by atoms with Crippen LogP contribution in [0.1, 0.15) is 41.9 Å². The topological polar surface area (TPSA) is 33.5 Å². The van der Waals surface area contributed by atoms with E-state index in [9.17, 15) is 0 Å². The Labute approximate surface area is 136 Å². The Bertz CT molecular complexity index is 682. The molecule has 2 fully saturated rings. The fourth-order valence-corrected chi connectivity index (χ4v) is 4.83. The fraction of sp³-hybridized carbons (Fsp3) is 0.647. The molecule has 4 rings (SSSR count). The first-order valence-corrected chi connectivity index (χ1v) is 9.39. The first-order chi connectivity index (χ1) is 10.7. The highest BCUT2D eigenvalue weighted by molar-refractivity contribution is 7.18. The summed E-state index contributed by atoms with van der Waals surface area (Å²) in [5.74, 6) is 2.26. The molecule has 0 saturated carbocycles. The third-order valence-corrected chi connectivity index (χ3v) is 6.28. The Morgan fingerprint density at radius 1 is 1.05 bits per heavy atom. The van der Waals surface area contributed by atoms with Crippen molar-refractivity contribution in [3.05, 3.63) is 16.3 Å². The lowest BCUT2D eigenvalue weighted by Gasteiger charge is -2.19. The van der Waals surface area contributed by atoms with Crippen LogP contribution in [0.15, 0.2) is 0 Å². The molecule has 4 nitrogen and oxygen atoms in total. The standard InChI is InChI=1S/C17H24N4S/c1-12-13(2)22-17-15(12)16(21-9-5-6-10-21)18-14(19-17)11-20-7-3-4-8-20/h3-11H2,1-2H3/p+1. The minimum absolute atomic E-state index is 0.993. The summed E-state index contributed by atoms with van der Waals surface area (Å²) < 4.78 is 0. The maximum absolute atomic E-state index is 5.02. The van der Waals surface area contributed by atoms with E-state index in [1.165, 1.54) is 65.2 Å². The normalized spacial score (nSPS) is 19.6. The van der Waals surface area contributed by atoms with Crippen molar-refractivity contribution in [1.82, 2.24) is 9.97 Å². The van der Waals surface area contributed by atoms with Gasteiger partial charge < -0.3 is 9.80 Å². The van der Waals surface area contributed by atoms with E-state index in [-0.39, 0.29) is 0 Å². The summed E-state index contributed by atoms with van der Waals surface area (Å²) in [5, 5.41) is 1.31. The van der Waals surface area contributed by atoms with Crippen LogP contribution in [-0.4, -0.2) is 36.1 Å². The first kappa shape index (κ1) is 14.4. The monoisotopic (exact) mass is 317 g/mol. The molecule has 0 aromatic carbocycles. The molecule has 2 aliphatic heterocycles. The third kappa shape index (κ3) is 2.50. The molecule has 4 heterocycles. The number of aryl methyl sites for hydroxylation is 2. The number of nitrogens with zero attached hydrogens (tertiary/aromatic N) is 3. The molecule has 2 aliphatic rings. The highest BCUT2D eigenvalue weighted by atomic mass is 32.1. The zero-order valence-electron chi connectivity index (χ0n) is 13.6. The van der Waals surface area contributed by atoms with Gasteiger partial charge in [0.2, 0.25) is 0 Å². The Morgan fingerprint density at radius 3 is 2.50 bits per heavy atom. The van der Waals surface area contributed by atoms with Crippen molar-refractivity contribution >= 4 is 27.4 Å². The van der Waals surface area contributed by atoms with Crippen LogP contribution in [-0.2, 0) is 6.54 Å². The SMILES string of the molecule is Cc1sc2nc(C[NH+]3CCCC3)nc(N3CCCC3)c2c1C.